The van der Waals surface area contributed by atoms with Crippen molar-refractivity contribution in [2.24, 2.45) is 7.05 Å². The van der Waals surface area contributed by atoms with Gasteiger partial charge in [0.15, 0.2) is 0 Å². The third-order valence-corrected chi connectivity index (χ3v) is 4.64. The summed E-state index contributed by atoms with van der Waals surface area (Å²) in [6, 6.07) is 10.2. The third kappa shape index (κ3) is 4.48. The van der Waals surface area contributed by atoms with Crippen LogP contribution in [0, 0.1) is 13.8 Å². The molecule has 1 amide bonds. The molecule has 0 atom stereocenters. The molecule has 0 fully saturated rings. The van der Waals surface area contributed by atoms with Gasteiger partial charge in [0.05, 0.1) is 0 Å². The van der Waals surface area contributed by atoms with Crippen LogP contribution >= 0.6 is 11.8 Å². The van der Waals surface area contributed by atoms with Gasteiger partial charge in [0.2, 0.25) is 5.91 Å². The summed E-state index contributed by atoms with van der Waals surface area (Å²) in [6.45, 7) is 3.98. The highest BCUT2D eigenvalue weighted by molar-refractivity contribution is 7.99. The minimum atomic E-state index is -0.160. The highest BCUT2D eigenvalue weighted by Gasteiger charge is 2.14. The lowest BCUT2D eigenvalue weighted by Crippen LogP contribution is -2.12. The van der Waals surface area contributed by atoms with Crippen LogP contribution in [0.15, 0.2) is 39.6 Å². The first-order valence-electron chi connectivity index (χ1n) is 7.85. The largest absolute Gasteiger partial charge is 0.401 e. The van der Waals surface area contributed by atoms with E-state index in [1.807, 2.05) is 27.0 Å². The molecule has 0 saturated heterocycles. The molecule has 2 heterocycles. The van der Waals surface area contributed by atoms with Crippen LogP contribution < -0.4 is 5.32 Å². The molecule has 0 aliphatic rings. The molecular weight excluding hydrogens is 338 g/mol. The topological polar surface area (TPSA) is 85.8 Å². The van der Waals surface area contributed by atoms with Gasteiger partial charge in [-0.15, -0.1) is 16.9 Å². The number of hydrogen-bond acceptors (Lipinski definition) is 6. The number of amides is 1. The van der Waals surface area contributed by atoms with E-state index in [4.69, 9.17) is 4.42 Å². The van der Waals surface area contributed by atoms with Crippen molar-refractivity contribution in [3.05, 3.63) is 41.6 Å². The van der Waals surface area contributed by atoms with Gasteiger partial charge in [-0.05, 0) is 32.0 Å². The van der Waals surface area contributed by atoms with E-state index in [1.54, 1.807) is 16.4 Å². The lowest BCUT2D eigenvalue weighted by atomic mass is 10.2. The van der Waals surface area contributed by atoms with E-state index >= 15 is 0 Å². The maximum absolute atomic E-state index is 12.0. The highest BCUT2D eigenvalue weighted by Crippen LogP contribution is 2.21. The van der Waals surface area contributed by atoms with Crippen molar-refractivity contribution in [2.75, 3.05) is 11.1 Å². The van der Waals surface area contributed by atoms with Crippen LogP contribution in [0.1, 0.15) is 17.7 Å². The Bertz CT molecular complexity index is 850. The summed E-state index contributed by atoms with van der Waals surface area (Å²) >= 11 is 1.63. The summed E-state index contributed by atoms with van der Waals surface area (Å²) in [5.74, 6) is 0.801. The molecule has 0 aliphatic carbocycles. The van der Waals surface area contributed by atoms with Crippen molar-refractivity contribution in [2.45, 2.75) is 25.2 Å². The highest BCUT2D eigenvalue weighted by atomic mass is 32.2. The van der Waals surface area contributed by atoms with Gasteiger partial charge in [-0.25, -0.2) is 0 Å². The molecular formula is C17H19N5O2S. The quantitative estimate of drug-likeness (QED) is 0.682. The predicted molar refractivity (Wildman–Crippen MR) is 96.4 cm³/mol. The van der Waals surface area contributed by atoms with Crippen molar-refractivity contribution in [1.29, 1.82) is 0 Å². The van der Waals surface area contributed by atoms with E-state index < -0.39 is 0 Å². The Balaban J connectivity index is 1.50. The van der Waals surface area contributed by atoms with Crippen LogP contribution in [0.2, 0.25) is 0 Å². The normalized spacial score (nSPS) is 10.8. The second kappa shape index (κ2) is 7.52. The van der Waals surface area contributed by atoms with Gasteiger partial charge in [-0.1, -0.05) is 22.8 Å². The van der Waals surface area contributed by atoms with Gasteiger partial charge in [0.1, 0.15) is 5.69 Å². The van der Waals surface area contributed by atoms with Crippen LogP contribution in [0.3, 0.4) is 0 Å². The Hall–Kier alpha value is -2.61. The smallest absolute Gasteiger partial charge is 0.322 e. The fourth-order valence-corrected chi connectivity index (χ4v) is 2.97. The van der Waals surface area contributed by atoms with Crippen LogP contribution in [0.5, 0.6) is 0 Å². The first-order valence-corrected chi connectivity index (χ1v) is 8.83. The molecule has 1 N–H and O–H groups in total. The van der Waals surface area contributed by atoms with Crippen molar-refractivity contribution < 1.29 is 9.21 Å². The first kappa shape index (κ1) is 17.2. The number of anilines is 1. The first-order chi connectivity index (χ1) is 12.0. The average molecular weight is 357 g/mol. The zero-order valence-electron chi connectivity index (χ0n) is 14.3. The summed E-state index contributed by atoms with van der Waals surface area (Å²) in [4.78, 5) is 13.1. The van der Waals surface area contributed by atoms with E-state index in [-0.39, 0.29) is 17.8 Å². The minimum absolute atomic E-state index is 0.0867. The summed E-state index contributed by atoms with van der Waals surface area (Å²) in [6.07, 6.45) is 0.360. The van der Waals surface area contributed by atoms with Gasteiger partial charge >= 0.3 is 6.01 Å². The fourth-order valence-electron chi connectivity index (χ4n) is 2.12. The number of thioether (sulfide) groups is 1. The second-order valence-electron chi connectivity index (χ2n) is 5.67. The molecule has 0 bridgehead atoms. The molecule has 0 saturated carbocycles. The number of nitrogens with one attached hydrogen (secondary N) is 1. The van der Waals surface area contributed by atoms with Gasteiger partial charge in [-0.3, -0.25) is 14.8 Å². The maximum Gasteiger partial charge on any atom is 0.322 e. The number of benzene rings is 1. The molecule has 0 unspecified atom stereocenters. The number of aryl methyl sites for hydroxylation is 3. The molecule has 3 rings (SSSR count). The number of hydrogen-bond donors (Lipinski definition) is 1. The molecule has 0 radical (unpaired) electrons. The molecule has 8 heteroatoms. The van der Waals surface area contributed by atoms with Crippen LogP contribution in [0.4, 0.5) is 6.01 Å². The summed E-state index contributed by atoms with van der Waals surface area (Å²) in [5, 5.41) is 14.6. The number of carbonyl (C=O) groups is 1. The van der Waals surface area contributed by atoms with Crippen LogP contribution in [0.25, 0.3) is 11.6 Å². The molecule has 7 nitrogen and oxygen atoms in total. The zero-order valence-corrected chi connectivity index (χ0v) is 15.1. The molecule has 2 aromatic heterocycles. The number of aromatic nitrogens is 4. The lowest BCUT2D eigenvalue weighted by molar-refractivity contribution is -0.115. The van der Waals surface area contributed by atoms with E-state index in [0.29, 0.717) is 17.9 Å². The van der Waals surface area contributed by atoms with E-state index in [2.05, 4.69) is 44.9 Å². The lowest BCUT2D eigenvalue weighted by Gasteiger charge is -2.02. The predicted octanol–water partition coefficient (Wildman–Crippen LogP) is 3.21. The average Bonchev–Trinajstić information content (AvgIpc) is 3.16. The fraction of sp³-hybridized carbons (Fsp3) is 0.294. The molecule has 0 aliphatic heterocycles. The van der Waals surface area contributed by atoms with Crippen molar-refractivity contribution in [1.82, 2.24) is 20.0 Å². The number of rotatable bonds is 6. The monoisotopic (exact) mass is 357 g/mol. The summed E-state index contributed by atoms with van der Waals surface area (Å²) in [5.41, 5.74) is 2.78. The molecule has 0 spiro atoms. The number of carbonyl (C=O) groups excluding carboxylic acids is 1. The van der Waals surface area contributed by atoms with Gasteiger partial charge < -0.3 is 4.42 Å². The van der Waals surface area contributed by atoms with Gasteiger partial charge in [0, 0.05) is 29.8 Å². The SMILES string of the molecule is Cc1ccc(SCCC(=O)Nc2nnc(-c3cc(C)n(C)n3)o2)cc1. The maximum atomic E-state index is 12.0. The Morgan fingerprint density at radius 3 is 2.68 bits per heavy atom. The van der Waals surface area contributed by atoms with Crippen molar-refractivity contribution >= 4 is 23.7 Å². The third-order valence-electron chi connectivity index (χ3n) is 3.62. The van der Waals surface area contributed by atoms with Crippen LogP contribution in [-0.4, -0.2) is 31.6 Å². The Morgan fingerprint density at radius 1 is 1.24 bits per heavy atom. The minimum Gasteiger partial charge on any atom is -0.401 e. The van der Waals surface area contributed by atoms with E-state index in [0.717, 1.165) is 10.6 Å². The van der Waals surface area contributed by atoms with Crippen molar-refractivity contribution in [3.63, 3.8) is 0 Å². The Morgan fingerprint density at radius 2 is 2.00 bits per heavy atom. The molecule has 3 aromatic rings. The van der Waals surface area contributed by atoms with E-state index in [1.165, 1.54) is 5.56 Å². The molecule has 130 valence electrons. The zero-order chi connectivity index (χ0) is 17.8. The Kier molecular flexibility index (Phi) is 5.18. The van der Waals surface area contributed by atoms with Crippen LogP contribution in [-0.2, 0) is 11.8 Å². The van der Waals surface area contributed by atoms with Crippen molar-refractivity contribution in [3.8, 4) is 11.6 Å². The standard InChI is InChI=1S/C17H19N5O2S/c1-11-4-6-13(7-5-11)25-9-8-15(23)18-17-20-19-16(24-17)14-10-12(2)22(3)21-14/h4-7,10H,8-9H2,1-3H3,(H,18,20,23). The molecule has 25 heavy (non-hydrogen) atoms. The van der Waals surface area contributed by atoms with E-state index in [9.17, 15) is 4.79 Å². The van der Waals surface area contributed by atoms with Gasteiger partial charge in [0.25, 0.3) is 5.89 Å². The number of nitrogens with zero attached hydrogens (tertiary/aromatic N) is 4. The Labute approximate surface area is 149 Å². The summed E-state index contributed by atoms with van der Waals surface area (Å²) in [7, 11) is 1.84. The molecule has 1 aromatic carbocycles. The second-order valence-corrected chi connectivity index (χ2v) is 6.83. The summed E-state index contributed by atoms with van der Waals surface area (Å²) < 4.78 is 7.17. The van der Waals surface area contributed by atoms with Gasteiger partial charge in [-0.2, -0.15) is 5.10 Å².